The highest BCUT2D eigenvalue weighted by Gasteiger charge is 2.32. The van der Waals surface area contributed by atoms with Crippen molar-refractivity contribution in [1.29, 1.82) is 0 Å². The number of aromatic amines is 1. The van der Waals surface area contributed by atoms with Crippen molar-refractivity contribution in [2.45, 2.75) is 83.2 Å². The van der Waals surface area contributed by atoms with Crippen LogP contribution in [0, 0.1) is 15.5 Å². The van der Waals surface area contributed by atoms with Gasteiger partial charge in [0.25, 0.3) is 21.6 Å². The number of piperidine rings is 1. The van der Waals surface area contributed by atoms with Crippen molar-refractivity contribution in [3.05, 3.63) is 117 Å². The second kappa shape index (κ2) is 18.2. The Balaban J connectivity index is 0.996. The van der Waals surface area contributed by atoms with Crippen molar-refractivity contribution in [3.63, 3.8) is 0 Å². The lowest BCUT2D eigenvalue weighted by atomic mass is 9.72. The van der Waals surface area contributed by atoms with Crippen LogP contribution in [0.25, 0.3) is 16.6 Å². The lowest BCUT2D eigenvalue weighted by molar-refractivity contribution is -0.384. The second-order valence-electron chi connectivity index (χ2n) is 19.0. The molecule has 2 fully saturated rings. The molecule has 0 atom stereocenters. The third-order valence-corrected chi connectivity index (χ3v) is 14.4. The van der Waals surface area contributed by atoms with E-state index in [9.17, 15) is 23.3 Å². The first-order chi connectivity index (χ1) is 30.4. The standard InChI is InChI=1S/C48H57ClN8O6S/c1-47(2,3)56-20-16-36(17-21-56)52-42-13-11-39(28-43(42)57(59)60)64(61,62)53-46(58)40-12-10-37(27-44(40)63-38-26-33-15-19-50-45(33)51-30-38)55-24-22-54(23-25-55)31-34-14-18-48(4,5)29-41(34)32-6-8-35(49)9-7-32/h6-13,15,19,26-28,30,36,52H,14,16-18,20-25,29,31H2,1-5H3,(H,50,51)(H,53,58). The molecular weight excluding hydrogens is 852 g/mol. The molecule has 64 heavy (non-hydrogen) atoms. The van der Waals surface area contributed by atoms with Crippen LogP contribution in [-0.2, 0) is 10.0 Å². The van der Waals surface area contributed by atoms with Crippen LogP contribution in [0.4, 0.5) is 17.1 Å². The second-order valence-corrected chi connectivity index (χ2v) is 21.1. The Morgan fingerprint density at radius 2 is 1.72 bits per heavy atom. The molecule has 1 aliphatic carbocycles. The number of fused-ring (bicyclic) bond motifs is 1. The Bertz CT molecular complexity index is 2680. The van der Waals surface area contributed by atoms with Gasteiger partial charge in [0.1, 0.15) is 22.8 Å². The van der Waals surface area contributed by atoms with Gasteiger partial charge in [0.2, 0.25) is 0 Å². The lowest BCUT2D eigenvalue weighted by Gasteiger charge is -2.41. The number of nitro benzene ring substituents is 1. The summed E-state index contributed by atoms with van der Waals surface area (Å²) in [4.78, 5) is 39.8. The number of piperazine rings is 1. The number of rotatable bonds is 12. The zero-order valence-corrected chi connectivity index (χ0v) is 38.7. The van der Waals surface area contributed by atoms with Crippen molar-refractivity contribution < 1.29 is 22.9 Å². The number of nitrogens with one attached hydrogen (secondary N) is 3. The Hall–Kier alpha value is -5.48. The highest BCUT2D eigenvalue weighted by atomic mass is 35.5. The van der Waals surface area contributed by atoms with Crippen LogP contribution in [0.1, 0.15) is 82.6 Å². The summed E-state index contributed by atoms with van der Waals surface area (Å²) in [6, 6.07) is 20.6. The number of amides is 1. The first-order valence-electron chi connectivity index (χ1n) is 22.0. The summed E-state index contributed by atoms with van der Waals surface area (Å²) >= 11 is 6.25. The third kappa shape index (κ3) is 10.4. The predicted octanol–water partition coefficient (Wildman–Crippen LogP) is 9.50. The maximum atomic E-state index is 14.0. The average Bonchev–Trinajstić information content (AvgIpc) is 3.73. The Kier molecular flexibility index (Phi) is 12.8. The van der Waals surface area contributed by atoms with Gasteiger partial charge in [-0.2, -0.15) is 0 Å². The van der Waals surface area contributed by atoms with Crippen molar-refractivity contribution in [2.75, 3.05) is 56.0 Å². The zero-order chi connectivity index (χ0) is 45.4. The molecule has 0 saturated carbocycles. The molecule has 2 aromatic heterocycles. The van der Waals surface area contributed by atoms with Gasteiger partial charge in [-0.05, 0) is 118 Å². The van der Waals surface area contributed by atoms with Crippen molar-refractivity contribution in [1.82, 2.24) is 24.5 Å². The number of likely N-dealkylation sites (tertiary alicyclic amines) is 1. The van der Waals surface area contributed by atoms with Crippen molar-refractivity contribution in [2.24, 2.45) is 5.41 Å². The number of allylic oxidation sites excluding steroid dienone is 1. The van der Waals surface area contributed by atoms with E-state index in [1.807, 2.05) is 18.2 Å². The molecule has 3 aromatic carbocycles. The molecule has 0 radical (unpaired) electrons. The third-order valence-electron chi connectivity index (χ3n) is 12.8. The fraction of sp³-hybridized carbons (Fsp3) is 0.417. The Morgan fingerprint density at radius 3 is 2.42 bits per heavy atom. The monoisotopic (exact) mass is 908 g/mol. The minimum absolute atomic E-state index is 0.0149. The highest BCUT2D eigenvalue weighted by molar-refractivity contribution is 7.90. The number of halogens is 1. The van der Waals surface area contributed by atoms with E-state index in [2.05, 4.69) is 81.5 Å². The largest absolute Gasteiger partial charge is 0.455 e. The van der Waals surface area contributed by atoms with E-state index in [1.54, 1.807) is 30.5 Å². The van der Waals surface area contributed by atoms with Crippen molar-refractivity contribution in [3.8, 4) is 11.5 Å². The maximum absolute atomic E-state index is 14.0. The van der Waals surface area contributed by atoms with Gasteiger partial charge in [0.05, 0.1) is 21.6 Å². The van der Waals surface area contributed by atoms with Crippen LogP contribution in [0.5, 0.6) is 11.5 Å². The predicted molar refractivity (Wildman–Crippen MR) is 253 cm³/mol. The normalized spacial score (nSPS) is 18.0. The summed E-state index contributed by atoms with van der Waals surface area (Å²) in [5.74, 6) is -0.456. The highest BCUT2D eigenvalue weighted by Crippen LogP contribution is 2.43. The van der Waals surface area contributed by atoms with Gasteiger partial charge >= 0.3 is 0 Å². The molecule has 2 saturated heterocycles. The van der Waals surface area contributed by atoms with Gasteiger partial charge in [-0.3, -0.25) is 24.7 Å². The number of pyridine rings is 1. The summed E-state index contributed by atoms with van der Waals surface area (Å²) in [6.45, 7) is 16.8. The van der Waals surface area contributed by atoms with E-state index in [0.29, 0.717) is 11.4 Å². The number of nitro groups is 1. The lowest BCUT2D eigenvalue weighted by Crippen LogP contribution is -2.48. The van der Waals surface area contributed by atoms with Gasteiger partial charge in [-0.1, -0.05) is 43.2 Å². The summed E-state index contributed by atoms with van der Waals surface area (Å²) in [5.41, 5.74) is 5.64. The van der Waals surface area contributed by atoms with Gasteiger partial charge in [-0.15, -0.1) is 0 Å². The van der Waals surface area contributed by atoms with Crippen LogP contribution in [0.3, 0.4) is 0 Å². The molecule has 16 heteroatoms. The van der Waals surface area contributed by atoms with Gasteiger partial charge in [-0.25, -0.2) is 18.1 Å². The number of hydrogen-bond donors (Lipinski definition) is 3. The average molecular weight is 910 g/mol. The first-order valence-corrected chi connectivity index (χ1v) is 23.8. The molecule has 338 valence electrons. The number of carbonyl (C=O) groups excluding carboxylic acids is 1. The number of nitrogens with zero attached hydrogens (tertiary/aromatic N) is 5. The fourth-order valence-corrected chi connectivity index (χ4v) is 10.2. The number of carbonyl (C=O) groups is 1. The van der Waals surface area contributed by atoms with Crippen LogP contribution >= 0.6 is 11.6 Å². The number of benzene rings is 3. The first kappa shape index (κ1) is 45.1. The minimum atomic E-state index is -4.56. The smallest absolute Gasteiger partial charge is 0.293 e. The molecule has 8 rings (SSSR count). The topological polar surface area (TPSA) is 166 Å². The molecule has 4 heterocycles. The molecule has 14 nitrogen and oxygen atoms in total. The number of H-pyrrole nitrogens is 1. The molecular formula is C48H57ClN8O6S. The summed E-state index contributed by atoms with van der Waals surface area (Å²) < 4.78 is 36.1. The minimum Gasteiger partial charge on any atom is -0.455 e. The summed E-state index contributed by atoms with van der Waals surface area (Å²) in [7, 11) is -4.56. The molecule has 1 amide bonds. The number of ether oxygens (including phenoxy) is 1. The fourth-order valence-electron chi connectivity index (χ4n) is 9.08. The van der Waals surface area contributed by atoms with Crippen LogP contribution in [0.15, 0.2) is 95.7 Å². The van der Waals surface area contributed by atoms with E-state index < -0.39 is 31.4 Å². The number of hydrogen-bond acceptors (Lipinski definition) is 11. The quantitative estimate of drug-likeness (QED) is 0.0806. The van der Waals surface area contributed by atoms with Crippen LogP contribution < -0.4 is 19.7 Å². The molecule has 0 spiro atoms. The Labute approximate surface area is 380 Å². The van der Waals surface area contributed by atoms with Gasteiger partial charge in [0, 0.05) is 91.8 Å². The number of aromatic nitrogens is 2. The Morgan fingerprint density at radius 1 is 0.984 bits per heavy atom. The molecule has 3 N–H and O–H groups in total. The van der Waals surface area contributed by atoms with E-state index in [0.717, 1.165) is 100 Å². The van der Waals surface area contributed by atoms with Crippen LogP contribution in [0.2, 0.25) is 5.02 Å². The molecule has 5 aromatic rings. The SMILES string of the molecule is CC1(C)CCC(CN2CCN(c3ccc(C(=O)NS(=O)(=O)c4ccc(NC5CCN(C(C)(C)C)CC5)c([N+](=O)[O-])c4)c(Oc4cnc5[nH]ccc5c4)c3)CC2)=C(c2ccc(Cl)cc2)C1. The van der Waals surface area contributed by atoms with E-state index in [4.69, 9.17) is 16.3 Å². The summed E-state index contributed by atoms with van der Waals surface area (Å²) in [6.07, 6.45) is 8.06. The number of anilines is 2. The molecule has 0 bridgehead atoms. The molecule has 3 aliphatic rings. The zero-order valence-electron chi connectivity index (χ0n) is 37.1. The van der Waals surface area contributed by atoms with E-state index >= 15 is 0 Å². The maximum Gasteiger partial charge on any atom is 0.293 e. The van der Waals surface area contributed by atoms with E-state index in [1.165, 1.54) is 35.0 Å². The summed E-state index contributed by atoms with van der Waals surface area (Å²) in [5, 5.41) is 17.1. The van der Waals surface area contributed by atoms with Crippen molar-refractivity contribution >= 4 is 61.2 Å². The van der Waals surface area contributed by atoms with E-state index in [-0.39, 0.29) is 34.0 Å². The molecule has 2 aliphatic heterocycles. The van der Waals surface area contributed by atoms with Crippen LogP contribution in [-0.4, -0.2) is 96.4 Å². The molecule has 0 unspecified atom stereocenters. The number of sulfonamides is 1. The van der Waals surface area contributed by atoms with Gasteiger partial charge in [0.15, 0.2) is 0 Å². The van der Waals surface area contributed by atoms with Gasteiger partial charge < -0.3 is 19.9 Å².